The average molecular weight is 226 g/mol. The standard InChI is InChI=1S/C17H22/c1-4-8-16(5-2)9-6-7-10-17-13-11-15(3)12-14-17/h6-14H,4-5H2,1-3H3/b9-6+,10-7+,16-8+. The molecule has 0 saturated heterocycles. The van der Waals surface area contributed by atoms with Gasteiger partial charge in [0.2, 0.25) is 0 Å². The minimum atomic E-state index is 1.10. The SMILES string of the molecule is CC/C=C(/C=C/C=C/c1ccc(C)cc1)CC. The molecule has 0 heteroatoms. The second-order valence-electron chi connectivity index (χ2n) is 4.17. The van der Waals surface area contributed by atoms with Crippen molar-refractivity contribution in [2.75, 3.05) is 0 Å². The van der Waals surface area contributed by atoms with Gasteiger partial charge in [-0.25, -0.2) is 0 Å². The first-order chi connectivity index (χ1) is 8.26. The van der Waals surface area contributed by atoms with Crippen LogP contribution in [0.5, 0.6) is 0 Å². The zero-order chi connectivity index (χ0) is 12.5. The maximum Gasteiger partial charge on any atom is -0.0256 e. The number of rotatable bonds is 5. The van der Waals surface area contributed by atoms with Gasteiger partial charge < -0.3 is 0 Å². The molecule has 0 aliphatic heterocycles. The summed E-state index contributed by atoms with van der Waals surface area (Å²) in [5.41, 5.74) is 3.95. The Labute approximate surface area is 105 Å². The molecule has 0 unspecified atom stereocenters. The zero-order valence-corrected chi connectivity index (χ0v) is 11.1. The van der Waals surface area contributed by atoms with E-state index in [-0.39, 0.29) is 0 Å². The van der Waals surface area contributed by atoms with Crippen molar-refractivity contribution >= 4 is 6.08 Å². The summed E-state index contributed by atoms with van der Waals surface area (Å²) in [5, 5.41) is 0. The van der Waals surface area contributed by atoms with Crippen molar-refractivity contribution in [3.05, 3.63) is 65.3 Å². The topological polar surface area (TPSA) is 0 Å². The monoisotopic (exact) mass is 226 g/mol. The molecule has 1 rings (SSSR count). The minimum absolute atomic E-state index is 1.10. The van der Waals surface area contributed by atoms with Crippen molar-refractivity contribution in [3.63, 3.8) is 0 Å². The fourth-order valence-electron chi connectivity index (χ4n) is 1.62. The van der Waals surface area contributed by atoms with Crippen LogP contribution in [0.2, 0.25) is 0 Å². The predicted octanol–water partition coefficient (Wildman–Crippen LogP) is 5.31. The molecule has 17 heavy (non-hydrogen) atoms. The summed E-state index contributed by atoms with van der Waals surface area (Å²) < 4.78 is 0. The third-order valence-electron chi connectivity index (χ3n) is 2.66. The van der Waals surface area contributed by atoms with Gasteiger partial charge in [0.25, 0.3) is 0 Å². The Morgan fingerprint density at radius 3 is 2.35 bits per heavy atom. The lowest BCUT2D eigenvalue weighted by Gasteiger charge is -1.95. The maximum atomic E-state index is 2.27. The lowest BCUT2D eigenvalue weighted by atomic mass is 10.1. The van der Waals surface area contributed by atoms with E-state index < -0.39 is 0 Å². The van der Waals surface area contributed by atoms with Crippen LogP contribution in [0.4, 0.5) is 0 Å². The van der Waals surface area contributed by atoms with E-state index in [0.29, 0.717) is 0 Å². The van der Waals surface area contributed by atoms with Gasteiger partial charge in [-0.3, -0.25) is 0 Å². The Morgan fingerprint density at radius 1 is 1.06 bits per heavy atom. The molecule has 0 amide bonds. The van der Waals surface area contributed by atoms with Gasteiger partial charge in [-0.2, -0.15) is 0 Å². The van der Waals surface area contributed by atoms with Crippen molar-refractivity contribution in [1.82, 2.24) is 0 Å². The quantitative estimate of drug-likeness (QED) is 0.597. The van der Waals surface area contributed by atoms with E-state index >= 15 is 0 Å². The summed E-state index contributed by atoms with van der Waals surface area (Å²) in [6, 6.07) is 8.56. The van der Waals surface area contributed by atoms with Crippen LogP contribution in [0.3, 0.4) is 0 Å². The molecule has 0 fully saturated rings. The second-order valence-corrected chi connectivity index (χ2v) is 4.17. The highest BCUT2D eigenvalue weighted by atomic mass is 13.9. The summed E-state index contributed by atoms with van der Waals surface area (Å²) in [6.07, 6.45) is 13.0. The molecule has 0 nitrogen and oxygen atoms in total. The Morgan fingerprint density at radius 2 is 1.76 bits per heavy atom. The first-order valence-corrected chi connectivity index (χ1v) is 6.36. The Kier molecular flexibility index (Phi) is 6.09. The molecule has 0 spiro atoms. The van der Waals surface area contributed by atoms with Crippen molar-refractivity contribution in [2.24, 2.45) is 0 Å². The number of benzene rings is 1. The molecule has 0 aliphatic rings. The number of allylic oxidation sites excluding steroid dienone is 5. The molecule has 0 radical (unpaired) electrons. The second kappa shape index (κ2) is 7.67. The first kappa shape index (κ1) is 13.5. The van der Waals surface area contributed by atoms with Crippen molar-refractivity contribution in [1.29, 1.82) is 0 Å². The molecule has 0 aromatic heterocycles. The highest BCUT2D eigenvalue weighted by Crippen LogP contribution is 2.07. The van der Waals surface area contributed by atoms with Crippen molar-refractivity contribution < 1.29 is 0 Å². The Balaban J connectivity index is 2.58. The lowest BCUT2D eigenvalue weighted by molar-refractivity contribution is 1.10. The number of hydrogen-bond donors (Lipinski definition) is 0. The summed E-state index contributed by atoms with van der Waals surface area (Å²) in [7, 11) is 0. The average Bonchev–Trinajstić information content (AvgIpc) is 2.35. The fraction of sp³-hybridized carbons (Fsp3) is 0.294. The van der Waals surface area contributed by atoms with Gasteiger partial charge in [-0.1, -0.05) is 79.6 Å². The van der Waals surface area contributed by atoms with E-state index in [1.165, 1.54) is 16.7 Å². The molecular weight excluding hydrogens is 204 g/mol. The van der Waals surface area contributed by atoms with E-state index in [4.69, 9.17) is 0 Å². The van der Waals surface area contributed by atoms with Crippen LogP contribution < -0.4 is 0 Å². The Hall–Kier alpha value is -1.56. The fourth-order valence-corrected chi connectivity index (χ4v) is 1.62. The third kappa shape index (κ3) is 5.35. The number of hydrogen-bond acceptors (Lipinski definition) is 0. The van der Waals surface area contributed by atoms with Gasteiger partial charge in [-0.15, -0.1) is 0 Å². The highest BCUT2D eigenvalue weighted by molar-refractivity contribution is 5.51. The molecule has 0 saturated carbocycles. The predicted molar refractivity (Wildman–Crippen MR) is 78.0 cm³/mol. The molecule has 0 bridgehead atoms. The van der Waals surface area contributed by atoms with E-state index in [1.54, 1.807) is 0 Å². The van der Waals surface area contributed by atoms with Gasteiger partial charge in [0.1, 0.15) is 0 Å². The molecule has 0 atom stereocenters. The lowest BCUT2D eigenvalue weighted by Crippen LogP contribution is -1.74. The maximum absolute atomic E-state index is 2.27. The summed E-state index contributed by atoms with van der Waals surface area (Å²) >= 11 is 0. The van der Waals surface area contributed by atoms with Crippen LogP contribution in [0.25, 0.3) is 6.08 Å². The third-order valence-corrected chi connectivity index (χ3v) is 2.66. The molecule has 0 heterocycles. The zero-order valence-electron chi connectivity index (χ0n) is 11.1. The van der Waals surface area contributed by atoms with E-state index in [9.17, 15) is 0 Å². The molecule has 0 N–H and O–H groups in total. The van der Waals surface area contributed by atoms with Crippen LogP contribution in [-0.2, 0) is 0 Å². The van der Waals surface area contributed by atoms with Gasteiger partial charge in [0.15, 0.2) is 0 Å². The van der Waals surface area contributed by atoms with Gasteiger partial charge >= 0.3 is 0 Å². The molecule has 1 aromatic carbocycles. The minimum Gasteiger partial charge on any atom is -0.0816 e. The van der Waals surface area contributed by atoms with Crippen molar-refractivity contribution in [2.45, 2.75) is 33.6 Å². The van der Waals surface area contributed by atoms with E-state index in [0.717, 1.165) is 12.8 Å². The largest absolute Gasteiger partial charge is 0.0816 e. The summed E-state index contributed by atoms with van der Waals surface area (Å²) in [4.78, 5) is 0. The van der Waals surface area contributed by atoms with Crippen LogP contribution in [0.1, 0.15) is 37.8 Å². The summed E-state index contributed by atoms with van der Waals surface area (Å²) in [6.45, 7) is 6.47. The molecule has 0 aliphatic carbocycles. The van der Waals surface area contributed by atoms with E-state index in [1.807, 2.05) is 0 Å². The van der Waals surface area contributed by atoms with Crippen LogP contribution in [0.15, 0.2) is 54.1 Å². The normalized spacial score (nSPS) is 12.8. The highest BCUT2D eigenvalue weighted by Gasteiger charge is 1.86. The molecule has 1 aromatic rings. The first-order valence-electron chi connectivity index (χ1n) is 6.36. The van der Waals surface area contributed by atoms with Gasteiger partial charge in [0.05, 0.1) is 0 Å². The van der Waals surface area contributed by atoms with Crippen LogP contribution in [0, 0.1) is 6.92 Å². The molecule has 90 valence electrons. The van der Waals surface area contributed by atoms with Gasteiger partial charge in [-0.05, 0) is 25.3 Å². The van der Waals surface area contributed by atoms with Crippen molar-refractivity contribution in [3.8, 4) is 0 Å². The smallest absolute Gasteiger partial charge is 0.0256 e. The molecular formula is C17H22. The summed E-state index contributed by atoms with van der Waals surface area (Å²) in [5.74, 6) is 0. The van der Waals surface area contributed by atoms with Gasteiger partial charge in [0, 0.05) is 0 Å². The van der Waals surface area contributed by atoms with E-state index in [2.05, 4.69) is 75.4 Å². The van der Waals surface area contributed by atoms with Crippen LogP contribution >= 0.6 is 0 Å². The Bertz CT molecular complexity index is 402. The van der Waals surface area contributed by atoms with Crippen LogP contribution in [-0.4, -0.2) is 0 Å². The number of aryl methyl sites for hydroxylation is 1.